The van der Waals surface area contributed by atoms with Gasteiger partial charge in [-0.2, -0.15) is 0 Å². The van der Waals surface area contributed by atoms with Crippen LogP contribution in [0.2, 0.25) is 0 Å². The second-order valence-corrected chi connectivity index (χ2v) is 6.42. The lowest BCUT2D eigenvalue weighted by atomic mass is 10.0. The van der Waals surface area contributed by atoms with Crippen LogP contribution in [0.4, 0.5) is 5.69 Å². The zero-order chi connectivity index (χ0) is 19.6. The molecule has 2 rings (SSSR count). The van der Waals surface area contributed by atoms with E-state index in [1.54, 1.807) is 6.21 Å². The number of rotatable bonds is 9. The Balaban J connectivity index is 1.95. The summed E-state index contributed by atoms with van der Waals surface area (Å²) in [5.41, 5.74) is 3.92. The molecule has 1 N–H and O–H groups in total. The monoisotopic (exact) mass is 368 g/mol. The lowest BCUT2D eigenvalue weighted by molar-refractivity contribution is -0.120. The second-order valence-electron chi connectivity index (χ2n) is 6.42. The van der Waals surface area contributed by atoms with E-state index >= 15 is 0 Å². The van der Waals surface area contributed by atoms with Gasteiger partial charge in [0, 0.05) is 11.3 Å². The summed E-state index contributed by atoms with van der Waals surface area (Å²) in [5.74, 6) is 0.503. The highest BCUT2D eigenvalue weighted by Gasteiger charge is 2.10. The maximum Gasteiger partial charge on any atom is 0.265 e. The number of nitrogens with one attached hydrogen (secondary N) is 1. The molecule has 0 bridgehead atoms. The van der Waals surface area contributed by atoms with Crippen LogP contribution < -0.4 is 10.1 Å². The largest absolute Gasteiger partial charge is 0.490 e. The molecule has 1 amide bonds. The number of oxime groups is 1. The molecule has 0 atom stereocenters. The number of aryl methyl sites for hydroxylation is 2. The minimum absolute atomic E-state index is 0.0673. The molecule has 2 aromatic rings. The topological polar surface area (TPSA) is 59.9 Å². The van der Waals surface area contributed by atoms with Crippen molar-refractivity contribution < 1.29 is 14.4 Å². The van der Waals surface area contributed by atoms with Crippen molar-refractivity contribution in [1.29, 1.82) is 0 Å². The summed E-state index contributed by atoms with van der Waals surface area (Å²) in [6.07, 6.45) is 3.34. The Hall–Kier alpha value is -2.82. The van der Waals surface area contributed by atoms with Gasteiger partial charge in [0.2, 0.25) is 0 Å². The highest BCUT2D eigenvalue weighted by Crippen LogP contribution is 2.22. The minimum Gasteiger partial charge on any atom is -0.490 e. The van der Waals surface area contributed by atoms with Gasteiger partial charge in [0.25, 0.3) is 5.91 Å². The minimum atomic E-state index is -0.227. The van der Waals surface area contributed by atoms with E-state index in [9.17, 15) is 4.79 Å². The summed E-state index contributed by atoms with van der Waals surface area (Å²) in [4.78, 5) is 17.4. The van der Waals surface area contributed by atoms with E-state index in [0.717, 1.165) is 41.0 Å². The van der Waals surface area contributed by atoms with E-state index in [4.69, 9.17) is 9.57 Å². The molecular weight excluding hydrogens is 340 g/mol. The first-order valence-corrected chi connectivity index (χ1v) is 9.36. The fourth-order valence-electron chi connectivity index (χ4n) is 2.72. The Morgan fingerprint density at radius 3 is 2.37 bits per heavy atom. The van der Waals surface area contributed by atoms with Crippen LogP contribution in [0.3, 0.4) is 0 Å². The van der Waals surface area contributed by atoms with Crippen LogP contribution >= 0.6 is 0 Å². The lowest BCUT2D eigenvalue weighted by Gasteiger charge is -2.14. The van der Waals surface area contributed by atoms with Crippen molar-refractivity contribution in [3.05, 3.63) is 59.2 Å². The Morgan fingerprint density at radius 2 is 1.74 bits per heavy atom. The van der Waals surface area contributed by atoms with E-state index in [2.05, 4.69) is 24.3 Å². The van der Waals surface area contributed by atoms with E-state index in [1.165, 1.54) is 0 Å². The maximum atomic E-state index is 12.2. The van der Waals surface area contributed by atoms with Gasteiger partial charge in [0.15, 0.2) is 6.61 Å². The summed E-state index contributed by atoms with van der Waals surface area (Å²) in [6.45, 7) is 7.93. The van der Waals surface area contributed by atoms with Gasteiger partial charge in [-0.3, -0.25) is 4.79 Å². The van der Waals surface area contributed by atoms with E-state index in [0.29, 0.717) is 0 Å². The lowest BCUT2D eigenvalue weighted by Crippen LogP contribution is -2.19. The number of amides is 1. The number of hydrogen-bond donors (Lipinski definition) is 1. The summed E-state index contributed by atoms with van der Waals surface area (Å²) < 4.78 is 5.73. The van der Waals surface area contributed by atoms with Crippen LogP contribution in [0.15, 0.2) is 47.6 Å². The van der Waals surface area contributed by atoms with Gasteiger partial charge in [-0.15, -0.1) is 0 Å². The predicted molar refractivity (Wildman–Crippen MR) is 110 cm³/mol. The molecular formula is C22H28N2O3. The first-order valence-electron chi connectivity index (χ1n) is 9.36. The molecule has 0 radical (unpaired) electrons. The van der Waals surface area contributed by atoms with Crippen LogP contribution in [-0.4, -0.2) is 24.8 Å². The first-order chi connectivity index (χ1) is 13.0. The van der Waals surface area contributed by atoms with E-state index in [1.807, 2.05) is 56.3 Å². The third-order valence-corrected chi connectivity index (χ3v) is 4.01. The molecule has 0 saturated carbocycles. The number of ether oxygens (including phenoxy) is 1. The molecule has 144 valence electrons. The zero-order valence-electron chi connectivity index (χ0n) is 16.5. The predicted octanol–water partition coefficient (Wildman–Crippen LogP) is 4.59. The Bertz CT molecular complexity index is 763. The Morgan fingerprint density at radius 1 is 1.07 bits per heavy atom. The Labute approximate surface area is 161 Å². The molecule has 5 nitrogen and oxygen atoms in total. The summed E-state index contributed by atoms with van der Waals surface area (Å²) in [7, 11) is 0. The molecule has 0 unspecified atom stereocenters. The molecule has 27 heavy (non-hydrogen) atoms. The first kappa shape index (κ1) is 20.5. The molecule has 0 aromatic heterocycles. The number of hydrogen-bond acceptors (Lipinski definition) is 4. The number of nitrogens with zero attached hydrogens (tertiary/aromatic N) is 1. The van der Waals surface area contributed by atoms with Crippen LogP contribution in [-0.2, 0) is 22.5 Å². The van der Waals surface area contributed by atoms with Crippen molar-refractivity contribution in [3.63, 3.8) is 0 Å². The van der Waals surface area contributed by atoms with Crippen molar-refractivity contribution in [1.82, 2.24) is 0 Å². The van der Waals surface area contributed by atoms with Gasteiger partial charge >= 0.3 is 0 Å². The summed E-state index contributed by atoms with van der Waals surface area (Å²) >= 11 is 0. The number of anilines is 1. The van der Waals surface area contributed by atoms with Gasteiger partial charge in [-0.1, -0.05) is 49.3 Å². The van der Waals surface area contributed by atoms with E-state index in [-0.39, 0.29) is 18.6 Å². The fourth-order valence-corrected chi connectivity index (χ4v) is 2.72. The van der Waals surface area contributed by atoms with Crippen molar-refractivity contribution in [2.75, 3.05) is 11.9 Å². The smallest absolute Gasteiger partial charge is 0.265 e. The fraction of sp³-hybridized carbons (Fsp3) is 0.364. The normalized spacial score (nSPS) is 11.0. The van der Waals surface area contributed by atoms with Crippen molar-refractivity contribution in [2.45, 2.75) is 46.6 Å². The standard InChI is InChI=1S/C22H28N2O3/c1-5-17-11-9-12-18(6-2)22(17)24-21(25)15-26-23-14-19-10-7-8-13-20(19)27-16(3)4/h7-14,16H,5-6,15H2,1-4H3,(H,24,25)/b23-14+. The van der Waals surface area contributed by atoms with Gasteiger partial charge in [0.05, 0.1) is 12.3 Å². The number of para-hydroxylation sites is 2. The number of carbonyl (C=O) groups is 1. The van der Waals surface area contributed by atoms with Crippen LogP contribution in [0.25, 0.3) is 0 Å². The molecule has 0 spiro atoms. The van der Waals surface area contributed by atoms with Crippen molar-refractivity contribution in [3.8, 4) is 5.75 Å². The molecule has 0 fully saturated rings. The second kappa shape index (κ2) is 10.4. The number of benzene rings is 2. The average Bonchev–Trinajstić information content (AvgIpc) is 2.66. The molecule has 0 aliphatic rings. The van der Waals surface area contributed by atoms with Gasteiger partial charge in [0.1, 0.15) is 5.75 Å². The molecule has 0 saturated heterocycles. The number of carbonyl (C=O) groups excluding carboxylic acids is 1. The average molecular weight is 368 g/mol. The van der Waals surface area contributed by atoms with Crippen LogP contribution in [0, 0.1) is 0 Å². The van der Waals surface area contributed by atoms with Crippen molar-refractivity contribution in [2.24, 2.45) is 5.16 Å². The Kier molecular flexibility index (Phi) is 7.86. The molecule has 5 heteroatoms. The summed E-state index contributed by atoms with van der Waals surface area (Å²) in [5, 5.41) is 6.87. The third-order valence-electron chi connectivity index (χ3n) is 4.01. The molecule has 2 aromatic carbocycles. The molecule has 0 aliphatic heterocycles. The van der Waals surface area contributed by atoms with Crippen molar-refractivity contribution >= 4 is 17.8 Å². The van der Waals surface area contributed by atoms with Gasteiger partial charge < -0.3 is 14.9 Å². The van der Waals surface area contributed by atoms with Gasteiger partial charge in [-0.05, 0) is 49.9 Å². The zero-order valence-corrected chi connectivity index (χ0v) is 16.5. The van der Waals surface area contributed by atoms with E-state index < -0.39 is 0 Å². The summed E-state index contributed by atoms with van der Waals surface area (Å²) in [6, 6.07) is 13.6. The molecule has 0 heterocycles. The maximum absolute atomic E-state index is 12.2. The third kappa shape index (κ3) is 6.13. The highest BCUT2D eigenvalue weighted by atomic mass is 16.6. The molecule has 0 aliphatic carbocycles. The van der Waals surface area contributed by atoms with Crippen LogP contribution in [0.5, 0.6) is 5.75 Å². The van der Waals surface area contributed by atoms with Gasteiger partial charge in [-0.25, -0.2) is 0 Å². The quantitative estimate of drug-likeness (QED) is 0.520. The van der Waals surface area contributed by atoms with Crippen LogP contribution in [0.1, 0.15) is 44.4 Å². The SMILES string of the molecule is CCc1cccc(CC)c1NC(=O)CO/N=C/c1ccccc1OC(C)C. The highest BCUT2D eigenvalue weighted by molar-refractivity contribution is 5.93.